The summed E-state index contributed by atoms with van der Waals surface area (Å²) >= 11 is 0. The highest BCUT2D eigenvalue weighted by atomic mass is 16.5. The lowest BCUT2D eigenvalue weighted by atomic mass is 10.5. The zero-order chi connectivity index (χ0) is 8.10. The highest BCUT2D eigenvalue weighted by molar-refractivity contribution is 5.32. The first kappa shape index (κ1) is 7.74. The normalized spacial score (nSPS) is 9.27. The van der Waals surface area contributed by atoms with Crippen molar-refractivity contribution in [2.45, 2.75) is 6.92 Å². The van der Waals surface area contributed by atoms with Crippen LogP contribution < -0.4 is 16.0 Å². The number of rotatable bonds is 3. The van der Waals surface area contributed by atoms with E-state index in [2.05, 4.69) is 15.6 Å². The van der Waals surface area contributed by atoms with Crippen molar-refractivity contribution in [2.24, 2.45) is 5.84 Å². The van der Waals surface area contributed by atoms with Gasteiger partial charge in [-0.25, -0.2) is 5.84 Å². The summed E-state index contributed by atoms with van der Waals surface area (Å²) < 4.78 is 5.06. The van der Waals surface area contributed by atoms with Gasteiger partial charge in [0.1, 0.15) is 0 Å². The lowest BCUT2D eigenvalue weighted by Gasteiger charge is -2.00. The van der Waals surface area contributed by atoms with Gasteiger partial charge in [0, 0.05) is 6.07 Å². The molecule has 0 aliphatic rings. The number of hydrogen-bond acceptors (Lipinski definition) is 5. The third-order valence-electron chi connectivity index (χ3n) is 1.08. The zero-order valence-corrected chi connectivity index (χ0v) is 6.24. The average molecular weight is 154 g/mol. The smallest absolute Gasteiger partial charge is 0.233 e. The minimum atomic E-state index is 0.506. The van der Waals surface area contributed by atoms with Crippen LogP contribution in [0.3, 0.4) is 0 Å². The Kier molecular flexibility index (Phi) is 2.62. The molecular formula is C6H10N4O. The Morgan fingerprint density at radius 3 is 2.82 bits per heavy atom. The van der Waals surface area contributed by atoms with Crippen LogP contribution in [0.1, 0.15) is 6.92 Å². The second-order valence-electron chi connectivity index (χ2n) is 1.83. The quantitative estimate of drug-likeness (QED) is 0.479. The molecule has 0 aromatic carbocycles. The van der Waals surface area contributed by atoms with Gasteiger partial charge in [-0.05, 0) is 13.0 Å². The van der Waals surface area contributed by atoms with Crippen LogP contribution in [0.25, 0.3) is 0 Å². The lowest BCUT2D eigenvalue weighted by Crippen LogP contribution is -2.09. The second kappa shape index (κ2) is 3.72. The molecule has 0 aliphatic carbocycles. The molecule has 0 bridgehead atoms. The number of aromatic nitrogens is 2. The van der Waals surface area contributed by atoms with E-state index in [1.54, 1.807) is 12.1 Å². The molecule has 1 heterocycles. The summed E-state index contributed by atoms with van der Waals surface area (Å²) in [6.07, 6.45) is 0. The monoisotopic (exact) mass is 154 g/mol. The fourth-order valence-corrected chi connectivity index (χ4v) is 0.622. The Hall–Kier alpha value is -1.36. The molecule has 60 valence electrons. The minimum Gasteiger partial charge on any atom is -0.477 e. The van der Waals surface area contributed by atoms with E-state index in [-0.39, 0.29) is 0 Å². The molecule has 1 aromatic rings. The Labute approximate surface area is 64.5 Å². The fraction of sp³-hybridized carbons (Fsp3) is 0.333. The molecule has 0 saturated carbocycles. The van der Waals surface area contributed by atoms with Crippen molar-refractivity contribution in [1.29, 1.82) is 0 Å². The number of nitrogens with one attached hydrogen (secondary N) is 1. The molecule has 0 saturated heterocycles. The average Bonchev–Trinajstić information content (AvgIpc) is 2.07. The van der Waals surface area contributed by atoms with E-state index in [0.29, 0.717) is 18.3 Å². The number of hydrazine groups is 1. The molecule has 0 radical (unpaired) electrons. The molecule has 1 rings (SSSR count). The number of nitrogens with two attached hydrogens (primary N) is 1. The molecule has 0 unspecified atom stereocenters. The van der Waals surface area contributed by atoms with Gasteiger partial charge >= 0.3 is 0 Å². The maximum absolute atomic E-state index is 5.08. The molecule has 0 aliphatic heterocycles. The highest BCUT2D eigenvalue weighted by Gasteiger charge is 1.93. The largest absolute Gasteiger partial charge is 0.477 e. The first-order valence-corrected chi connectivity index (χ1v) is 3.30. The summed E-state index contributed by atoms with van der Waals surface area (Å²) in [6.45, 7) is 2.47. The maximum Gasteiger partial charge on any atom is 0.233 e. The Morgan fingerprint density at radius 1 is 1.55 bits per heavy atom. The van der Waals surface area contributed by atoms with Crippen LogP contribution >= 0.6 is 0 Å². The molecule has 0 spiro atoms. The van der Waals surface area contributed by atoms with Crippen molar-refractivity contribution in [3.63, 3.8) is 0 Å². The van der Waals surface area contributed by atoms with Crippen LogP contribution in [0, 0.1) is 0 Å². The van der Waals surface area contributed by atoms with Crippen molar-refractivity contribution in [3.8, 4) is 5.88 Å². The SMILES string of the molecule is CCOc1ccc(NN)nn1. The van der Waals surface area contributed by atoms with Gasteiger partial charge in [0.15, 0.2) is 5.82 Å². The topological polar surface area (TPSA) is 73.1 Å². The standard InChI is InChI=1S/C6H10N4O/c1-2-11-6-4-3-5(8-7)9-10-6/h3-4H,2,7H2,1H3,(H,8,9). The van der Waals surface area contributed by atoms with Crippen molar-refractivity contribution in [2.75, 3.05) is 12.0 Å². The molecular weight excluding hydrogens is 144 g/mol. The number of nitrogen functional groups attached to an aromatic ring is 1. The van der Waals surface area contributed by atoms with Gasteiger partial charge in [-0.15, -0.1) is 10.2 Å². The number of ether oxygens (including phenoxy) is 1. The third-order valence-corrected chi connectivity index (χ3v) is 1.08. The molecule has 1 aromatic heterocycles. The van der Waals surface area contributed by atoms with E-state index in [1.165, 1.54) is 0 Å². The Bertz CT molecular complexity index is 210. The van der Waals surface area contributed by atoms with Crippen LogP contribution in [0.4, 0.5) is 5.82 Å². The van der Waals surface area contributed by atoms with Gasteiger partial charge in [0.05, 0.1) is 6.61 Å². The molecule has 0 atom stereocenters. The van der Waals surface area contributed by atoms with Gasteiger partial charge in [0.2, 0.25) is 5.88 Å². The first-order chi connectivity index (χ1) is 5.36. The number of hydrogen-bond donors (Lipinski definition) is 2. The Morgan fingerprint density at radius 2 is 2.36 bits per heavy atom. The summed E-state index contributed by atoms with van der Waals surface area (Å²) in [6, 6.07) is 3.39. The summed E-state index contributed by atoms with van der Waals surface area (Å²) in [4.78, 5) is 0. The summed E-state index contributed by atoms with van der Waals surface area (Å²) in [5.41, 5.74) is 2.37. The molecule has 5 nitrogen and oxygen atoms in total. The van der Waals surface area contributed by atoms with Gasteiger partial charge < -0.3 is 10.2 Å². The van der Waals surface area contributed by atoms with Crippen LogP contribution in [0.5, 0.6) is 5.88 Å². The predicted molar refractivity (Wildman–Crippen MR) is 41.0 cm³/mol. The predicted octanol–water partition coefficient (Wildman–Crippen LogP) is 0.161. The fourth-order valence-electron chi connectivity index (χ4n) is 0.622. The summed E-state index contributed by atoms with van der Waals surface area (Å²) in [7, 11) is 0. The van der Waals surface area contributed by atoms with E-state index in [0.717, 1.165) is 0 Å². The van der Waals surface area contributed by atoms with E-state index >= 15 is 0 Å². The minimum absolute atomic E-state index is 0.506. The molecule has 5 heteroatoms. The van der Waals surface area contributed by atoms with Crippen LogP contribution in [-0.2, 0) is 0 Å². The highest BCUT2D eigenvalue weighted by Crippen LogP contribution is 2.06. The Balaban J connectivity index is 2.66. The second-order valence-corrected chi connectivity index (χ2v) is 1.83. The van der Waals surface area contributed by atoms with E-state index in [1.807, 2.05) is 6.92 Å². The van der Waals surface area contributed by atoms with E-state index in [4.69, 9.17) is 10.6 Å². The molecule has 0 fully saturated rings. The van der Waals surface area contributed by atoms with Gasteiger partial charge in [0.25, 0.3) is 0 Å². The van der Waals surface area contributed by atoms with Gasteiger partial charge in [-0.3, -0.25) is 0 Å². The van der Waals surface area contributed by atoms with Gasteiger partial charge in [-0.1, -0.05) is 0 Å². The molecule has 0 amide bonds. The van der Waals surface area contributed by atoms with Crippen molar-refractivity contribution in [3.05, 3.63) is 12.1 Å². The van der Waals surface area contributed by atoms with Crippen LogP contribution in [-0.4, -0.2) is 16.8 Å². The van der Waals surface area contributed by atoms with Crippen molar-refractivity contribution < 1.29 is 4.74 Å². The number of anilines is 1. The van der Waals surface area contributed by atoms with Crippen LogP contribution in [0.15, 0.2) is 12.1 Å². The van der Waals surface area contributed by atoms with Crippen molar-refractivity contribution in [1.82, 2.24) is 10.2 Å². The summed E-state index contributed by atoms with van der Waals surface area (Å²) in [5.74, 6) is 6.11. The van der Waals surface area contributed by atoms with E-state index < -0.39 is 0 Å². The van der Waals surface area contributed by atoms with Gasteiger partial charge in [-0.2, -0.15) is 0 Å². The maximum atomic E-state index is 5.08. The van der Waals surface area contributed by atoms with Crippen molar-refractivity contribution >= 4 is 5.82 Å². The first-order valence-electron chi connectivity index (χ1n) is 3.30. The summed E-state index contributed by atoms with van der Waals surface area (Å²) in [5, 5.41) is 7.43. The lowest BCUT2D eigenvalue weighted by molar-refractivity contribution is 0.323. The van der Waals surface area contributed by atoms with E-state index in [9.17, 15) is 0 Å². The molecule has 3 N–H and O–H groups in total. The third kappa shape index (κ3) is 2.05. The van der Waals surface area contributed by atoms with Crippen LogP contribution in [0.2, 0.25) is 0 Å². The zero-order valence-electron chi connectivity index (χ0n) is 6.24. The number of nitrogens with zero attached hydrogens (tertiary/aromatic N) is 2. The molecule has 11 heavy (non-hydrogen) atoms.